The van der Waals surface area contributed by atoms with Crippen molar-refractivity contribution in [2.24, 2.45) is 0 Å². The molecule has 0 atom stereocenters. The molecule has 1 saturated carbocycles. The molecule has 3 N–H and O–H groups in total. The maximum absolute atomic E-state index is 10.9. The molecule has 1 fully saturated rings. The zero-order chi connectivity index (χ0) is 12.5. The molecule has 1 heterocycles. The second-order valence-electron chi connectivity index (χ2n) is 4.33. The molecule has 0 unspecified atom stereocenters. The van der Waals surface area contributed by atoms with E-state index in [1.54, 1.807) is 0 Å². The maximum Gasteiger partial charge on any atom is 0.329 e. The summed E-state index contributed by atoms with van der Waals surface area (Å²) < 4.78 is 0. The van der Waals surface area contributed by atoms with E-state index in [1.807, 2.05) is 0 Å². The lowest BCUT2D eigenvalue weighted by atomic mass is 9.75. The summed E-state index contributed by atoms with van der Waals surface area (Å²) in [7, 11) is 0. The fourth-order valence-electron chi connectivity index (χ4n) is 2.04. The van der Waals surface area contributed by atoms with Crippen LogP contribution in [0.25, 0.3) is 0 Å². The van der Waals surface area contributed by atoms with Crippen molar-refractivity contribution in [3.8, 4) is 0 Å². The van der Waals surface area contributed by atoms with E-state index in [1.165, 1.54) is 0 Å². The van der Waals surface area contributed by atoms with E-state index >= 15 is 0 Å². The van der Waals surface area contributed by atoms with Crippen LogP contribution in [0.4, 0.5) is 17.5 Å². The Morgan fingerprint density at radius 2 is 2.35 bits per heavy atom. The first-order chi connectivity index (χ1) is 8.06. The number of nitrogens with one attached hydrogen (secondary N) is 1. The Hall–Kier alpha value is -1.92. The molecule has 0 amide bonds. The minimum absolute atomic E-state index is 0.0451. The van der Waals surface area contributed by atoms with Crippen molar-refractivity contribution in [2.45, 2.75) is 38.1 Å². The minimum atomic E-state index is -0.496. The Morgan fingerprint density at radius 1 is 1.65 bits per heavy atom. The summed E-state index contributed by atoms with van der Waals surface area (Å²) in [6, 6.07) is 0. The number of nitrogen functional groups attached to an aromatic ring is 1. The molecule has 17 heavy (non-hydrogen) atoms. The predicted molar refractivity (Wildman–Crippen MR) is 63.6 cm³/mol. The van der Waals surface area contributed by atoms with Crippen LogP contribution in [0.3, 0.4) is 0 Å². The molecule has 0 aliphatic heterocycles. The van der Waals surface area contributed by atoms with Crippen LogP contribution in [0, 0.1) is 10.1 Å². The first-order valence-corrected chi connectivity index (χ1v) is 5.61. The third kappa shape index (κ3) is 2.13. The van der Waals surface area contributed by atoms with Crippen molar-refractivity contribution >= 4 is 17.5 Å². The number of nitrogens with two attached hydrogens (primary N) is 1. The first-order valence-electron chi connectivity index (χ1n) is 5.61. The van der Waals surface area contributed by atoms with Gasteiger partial charge in [-0.25, -0.2) is 4.98 Å². The van der Waals surface area contributed by atoms with Crippen LogP contribution in [0.1, 0.15) is 32.6 Å². The molecule has 1 aromatic heterocycles. The van der Waals surface area contributed by atoms with Crippen molar-refractivity contribution in [1.29, 1.82) is 0 Å². The van der Waals surface area contributed by atoms with Crippen LogP contribution in [0.5, 0.6) is 0 Å². The molecule has 0 radical (unpaired) electrons. The fourth-order valence-corrected chi connectivity index (χ4v) is 2.04. The summed E-state index contributed by atoms with van der Waals surface area (Å²) in [6.07, 6.45) is 5.20. The Labute approximate surface area is 98.6 Å². The highest BCUT2D eigenvalue weighted by atomic mass is 16.6. The summed E-state index contributed by atoms with van der Waals surface area (Å²) in [5.74, 6) is 0.271. The summed E-state index contributed by atoms with van der Waals surface area (Å²) in [6.45, 7) is 2.06. The van der Waals surface area contributed by atoms with Gasteiger partial charge >= 0.3 is 5.69 Å². The Balaban J connectivity index is 2.30. The maximum atomic E-state index is 10.9. The zero-order valence-electron chi connectivity index (χ0n) is 9.64. The summed E-state index contributed by atoms with van der Waals surface area (Å²) in [5.41, 5.74) is 5.27. The van der Waals surface area contributed by atoms with Gasteiger partial charge in [-0.1, -0.05) is 6.92 Å². The number of anilines is 2. The second-order valence-corrected chi connectivity index (χ2v) is 4.33. The molecule has 0 bridgehead atoms. The minimum Gasteiger partial charge on any atom is -0.368 e. The molecule has 0 aromatic carbocycles. The van der Waals surface area contributed by atoms with E-state index in [9.17, 15) is 10.1 Å². The van der Waals surface area contributed by atoms with Crippen molar-refractivity contribution in [3.05, 3.63) is 16.3 Å². The number of aromatic nitrogens is 2. The van der Waals surface area contributed by atoms with Gasteiger partial charge in [-0.15, -0.1) is 0 Å². The van der Waals surface area contributed by atoms with Gasteiger partial charge in [0, 0.05) is 5.54 Å². The van der Waals surface area contributed by atoms with Gasteiger partial charge in [0.2, 0.25) is 11.8 Å². The van der Waals surface area contributed by atoms with Gasteiger partial charge in [0.05, 0.1) is 4.92 Å². The van der Waals surface area contributed by atoms with Crippen LogP contribution in [-0.4, -0.2) is 20.4 Å². The largest absolute Gasteiger partial charge is 0.368 e. The number of hydrogen-bond donors (Lipinski definition) is 2. The second kappa shape index (κ2) is 4.15. The number of nitrogens with zero attached hydrogens (tertiary/aromatic N) is 3. The van der Waals surface area contributed by atoms with Gasteiger partial charge in [-0.3, -0.25) is 10.1 Å². The molecule has 2 rings (SSSR count). The van der Waals surface area contributed by atoms with E-state index in [0.29, 0.717) is 0 Å². The summed E-state index contributed by atoms with van der Waals surface area (Å²) >= 11 is 0. The highest BCUT2D eigenvalue weighted by Gasteiger charge is 2.37. The highest BCUT2D eigenvalue weighted by Crippen LogP contribution is 2.39. The third-order valence-corrected chi connectivity index (χ3v) is 3.36. The van der Waals surface area contributed by atoms with Crippen molar-refractivity contribution in [2.75, 3.05) is 11.1 Å². The normalized spacial score (nSPS) is 17.2. The van der Waals surface area contributed by atoms with Gasteiger partial charge in [0.25, 0.3) is 0 Å². The number of nitro groups is 1. The van der Waals surface area contributed by atoms with E-state index in [-0.39, 0.29) is 23.0 Å². The van der Waals surface area contributed by atoms with Crippen LogP contribution < -0.4 is 11.1 Å². The fraction of sp³-hybridized carbons (Fsp3) is 0.600. The molecule has 1 aliphatic carbocycles. The zero-order valence-corrected chi connectivity index (χ0v) is 9.64. The molecule has 0 spiro atoms. The molecule has 1 aromatic rings. The highest BCUT2D eigenvalue weighted by molar-refractivity contribution is 5.58. The first kappa shape index (κ1) is 11.6. The van der Waals surface area contributed by atoms with Gasteiger partial charge in [-0.2, -0.15) is 4.98 Å². The van der Waals surface area contributed by atoms with Crippen molar-refractivity contribution in [3.63, 3.8) is 0 Å². The van der Waals surface area contributed by atoms with Crippen LogP contribution >= 0.6 is 0 Å². The topological polar surface area (TPSA) is 107 Å². The van der Waals surface area contributed by atoms with E-state index in [0.717, 1.165) is 31.9 Å². The summed E-state index contributed by atoms with van der Waals surface area (Å²) in [5, 5.41) is 14.0. The van der Waals surface area contributed by atoms with Gasteiger partial charge in [-0.05, 0) is 25.7 Å². The molecule has 7 heteroatoms. The van der Waals surface area contributed by atoms with E-state index in [4.69, 9.17) is 5.73 Å². The molecule has 1 aliphatic rings. The molecule has 0 saturated heterocycles. The van der Waals surface area contributed by atoms with Crippen LogP contribution in [-0.2, 0) is 0 Å². The number of hydrogen-bond acceptors (Lipinski definition) is 6. The summed E-state index contributed by atoms with van der Waals surface area (Å²) in [4.78, 5) is 17.9. The Bertz CT molecular complexity index is 439. The lowest BCUT2D eigenvalue weighted by molar-refractivity contribution is -0.384. The number of rotatable bonds is 4. The molecule has 92 valence electrons. The standard InChI is InChI=1S/C10H15N5O2/c1-2-10(4-3-5-10)14-8-7(15(16)17)6-12-9(11)13-8/h6H,2-5H2,1H3,(H3,11,12,13,14). The van der Waals surface area contributed by atoms with Crippen molar-refractivity contribution in [1.82, 2.24) is 9.97 Å². The van der Waals surface area contributed by atoms with Crippen LogP contribution in [0.2, 0.25) is 0 Å². The third-order valence-electron chi connectivity index (χ3n) is 3.36. The lowest BCUT2D eigenvalue weighted by Gasteiger charge is -2.42. The van der Waals surface area contributed by atoms with Crippen molar-refractivity contribution < 1.29 is 4.92 Å². The molecular formula is C10H15N5O2. The smallest absolute Gasteiger partial charge is 0.329 e. The van der Waals surface area contributed by atoms with E-state index < -0.39 is 4.92 Å². The van der Waals surface area contributed by atoms with Crippen LogP contribution in [0.15, 0.2) is 6.20 Å². The predicted octanol–water partition coefficient (Wildman–Crippen LogP) is 1.71. The average molecular weight is 237 g/mol. The van der Waals surface area contributed by atoms with Gasteiger partial charge in [0.15, 0.2) is 0 Å². The molecule has 7 nitrogen and oxygen atoms in total. The average Bonchev–Trinajstić information content (AvgIpc) is 2.23. The van der Waals surface area contributed by atoms with Gasteiger partial charge in [0.1, 0.15) is 6.20 Å². The Morgan fingerprint density at radius 3 is 2.82 bits per heavy atom. The lowest BCUT2D eigenvalue weighted by Crippen LogP contribution is -2.44. The Kier molecular flexibility index (Phi) is 2.83. The SMILES string of the molecule is CCC1(Nc2nc(N)ncc2[N+](=O)[O-])CCC1. The van der Waals surface area contributed by atoms with E-state index in [2.05, 4.69) is 22.2 Å². The quantitative estimate of drug-likeness (QED) is 0.609. The molecular weight excluding hydrogens is 222 g/mol. The van der Waals surface area contributed by atoms with Gasteiger partial charge < -0.3 is 11.1 Å². The monoisotopic (exact) mass is 237 g/mol.